The van der Waals surface area contributed by atoms with Gasteiger partial charge < -0.3 is 4.74 Å². The highest BCUT2D eigenvalue weighted by Crippen LogP contribution is 2.32. The molecule has 0 amide bonds. The van der Waals surface area contributed by atoms with E-state index < -0.39 is 0 Å². The van der Waals surface area contributed by atoms with Crippen LogP contribution < -0.4 is 10.2 Å². The van der Waals surface area contributed by atoms with Crippen LogP contribution in [0.25, 0.3) is 0 Å². The minimum atomic E-state index is 0.487. The van der Waals surface area contributed by atoms with E-state index in [4.69, 9.17) is 4.74 Å². The zero-order chi connectivity index (χ0) is 17.6. The zero-order valence-corrected chi connectivity index (χ0v) is 17.4. The first-order valence-corrected chi connectivity index (χ1v) is 9.95. The molecule has 25 heavy (non-hydrogen) atoms. The van der Waals surface area contributed by atoms with E-state index in [-0.39, 0.29) is 0 Å². The van der Waals surface area contributed by atoms with Crippen molar-refractivity contribution < 1.29 is 4.74 Å². The molecule has 4 nitrogen and oxygen atoms in total. The van der Waals surface area contributed by atoms with Gasteiger partial charge in [0.1, 0.15) is 12.4 Å². The average Bonchev–Trinajstić information content (AvgIpc) is 3.00. The molecule has 0 aliphatic carbocycles. The molecule has 2 aromatic carbocycles. The minimum Gasteiger partial charge on any atom is -0.487 e. The molecule has 0 atom stereocenters. The molecular weight excluding hydrogens is 466 g/mol. The number of benzene rings is 2. The molecule has 0 unspecified atom stereocenters. The Kier molecular flexibility index (Phi) is 6.23. The van der Waals surface area contributed by atoms with Crippen LogP contribution in [-0.2, 0) is 6.61 Å². The highest BCUT2D eigenvalue weighted by atomic mass is 79.9. The molecular formula is C18H15Br2N3OS. The van der Waals surface area contributed by atoms with Crippen molar-refractivity contribution in [1.82, 2.24) is 4.98 Å². The molecule has 1 heterocycles. The molecule has 0 saturated carbocycles. The molecule has 1 N–H and O–H groups in total. The Morgan fingerprint density at radius 3 is 2.76 bits per heavy atom. The van der Waals surface area contributed by atoms with Gasteiger partial charge >= 0.3 is 0 Å². The third-order valence-corrected chi connectivity index (χ3v) is 5.16. The van der Waals surface area contributed by atoms with Crippen LogP contribution in [-0.4, -0.2) is 11.2 Å². The maximum absolute atomic E-state index is 6.02. The van der Waals surface area contributed by atoms with Crippen LogP contribution >= 0.6 is 43.2 Å². The molecule has 0 aliphatic rings. The van der Waals surface area contributed by atoms with Crippen molar-refractivity contribution in [3.05, 3.63) is 73.6 Å². The number of anilines is 1. The van der Waals surface area contributed by atoms with Gasteiger partial charge in [-0.2, -0.15) is 5.10 Å². The van der Waals surface area contributed by atoms with E-state index in [9.17, 15) is 0 Å². The first-order chi connectivity index (χ1) is 12.1. The SMILES string of the molecule is Cc1csc(NN=Cc2cc(Br)cc(Br)c2OCc2ccccc2)n1. The highest BCUT2D eigenvalue weighted by Gasteiger charge is 2.09. The van der Waals surface area contributed by atoms with Crippen LogP contribution in [0.15, 0.2) is 61.9 Å². The Labute approximate surface area is 167 Å². The van der Waals surface area contributed by atoms with Gasteiger partial charge in [0.15, 0.2) is 0 Å². The van der Waals surface area contributed by atoms with E-state index in [1.165, 1.54) is 11.3 Å². The van der Waals surface area contributed by atoms with Gasteiger partial charge in [-0.05, 0) is 40.5 Å². The molecule has 3 rings (SSSR count). The Bertz CT molecular complexity index is 881. The number of halogens is 2. The summed E-state index contributed by atoms with van der Waals surface area (Å²) in [5, 5.41) is 7.01. The van der Waals surface area contributed by atoms with Crippen LogP contribution in [0.4, 0.5) is 5.13 Å². The maximum atomic E-state index is 6.02. The van der Waals surface area contributed by atoms with Crippen LogP contribution in [0.5, 0.6) is 5.75 Å². The molecule has 0 aliphatic heterocycles. The number of nitrogens with zero attached hydrogens (tertiary/aromatic N) is 2. The zero-order valence-electron chi connectivity index (χ0n) is 13.4. The van der Waals surface area contributed by atoms with Gasteiger partial charge in [0, 0.05) is 15.4 Å². The smallest absolute Gasteiger partial charge is 0.203 e. The summed E-state index contributed by atoms with van der Waals surface area (Å²) >= 11 is 8.59. The fourth-order valence-electron chi connectivity index (χ4n) is 2.12. The second kappa shape index (κ2) is 8.60. The summed E-state index contributed by atoms with van der Waals surface area (Å²) in [5.74, 6) is 0.743. The summed E-state index contributed by atoms with van der Waals surface area (Å²) in [6.07, 6.45) is 1.73. The highest BCUT2D eigenvalue weighted by molar-refractivity contribution is 9.11. The quantitative estimate of drug-likeness (QED) is 0.347. The third-order valence-electron chi connectivity index (χ3n) is 3.25. The molecule has 0 fully saturated rings. The van der Waals surface area contributed by atoms with Gasteiger partial charge in [0.2, 0.25) is 5.13 Å². The van der Waals surface area contributed by atoms with Gasteiger partial charge in [-0.1, -0.05) is 46.3 Å². The summed E-state index contributed by atoms with van der Waals surface area (Å²) in [6.45, 7) is 2.44. The van der Waals surface area contributed by atoms with E-state index in [1.807, 2.05) is 54.8 Å². The van der Waals surface area contributed by atoms with Crippen molar-refractivity contribution >= 4 is 54.5 Å². The Balaban J connectivity index is 1.77. The Morgan fingerprint density at radius 1 is 1.24 bits per heavy atom. The molecule has 128 valence electrons. The van der Waals surface area contributed by atoms with Gasteiger partial charge in [-0.25, -0.2) is 4.98 Å². The summed E-state index contributed by atoms with van der Waals surface area (Å²) in [4.78, 5) is 4.32. The molecule has 0 spiro atoms. The number of nitrogens with one attached hydrogen (secondary N) is 1. The summed E-state index contributed by atoms with van der Waals surface area (Å²) in [6, 6.07) is 14.0. The molecule has 3 aromatic rings. The standard InChI is InChI=1S/C18H15Br2N3OS/c1-12-11-25-18(22-12)23-21-9-14-7-15(19)8-16(20)17(14)24-10-13-5-3-2-4-6-13/h2-9,11H,10H2,1H3,(H,22,23). The summed E-state index contributed by atoms with van der Waals surface area (Å²) < 4.78 is 7.82. The fourth-order valence-corrected chi connectivity index (χ4v) is 4.13. The lowest BCUT2D eigenvalue weighted by Gasteiger charge is -2.12. The van der Waals surface area contributed by atoms with Crippen LogP contribution in [0.3, 0.4) is 0 Å². The number of ether oxygens (including phenoxy) is 1. The van der Waals surface area contributed by atoms with Gasteiger partial charge in [-0.15, -0.1) is 11.3 Å². The van der Waals surface area contributed by atoms with E-state index in [1.54, 1.807) is 6.21 Å². The number of hydrogen-bond donors (Lipinski definition) is 1. The molecule has 0 bridgehead atoms. The number of aryl methyl sites for hydroxylation is 1. The lowest BCUT2D eigenvalue weighted by Crippen LogP contribution is -2.00. The van der Waals surface area contributed by atoms with Crippen LogP contribution in [0.1, 0.15) is 16.8 Å². The number of thiazole rings is 1. The van der Waals surface area contributed by atoms with E-state index in [0.29, 0.717) is 6.61 Å². The number of rotatable bonds is 6. The Hall–Kier alpha value is -1.70. The van der Waals surface area contributed by atoms with Crippen LogP contribution in [0.2, 0.25) is 0 Å². The predicted octanol–water partition coefficient (Wildman–Crippen LogP) is 6.00. The first-order valence-electron chi connectivity index (χ1n) is 7.49. The van der Waals surface area contributed by atoms with Gasteiger partial charge in [0.25, 0.3) is 0 Å². The van der Waals surface area contributed by atoms with Gasteiger partial charge in [0.05, 0.1) is 16.4 Å². The van der Waals surface area contributed by atoms with E-state index in [0.717, 1.165) is 36.6 Å². The lowest BCUT2D eigenvalue weighted by molar-refractivity contribution is 0.304. The van der Waals surface area contributed by atoms with Crippen molar-refractivity contribution in [1.29, 1.82) is 0 Å². The number of hydrogen-bond acceptors (Lipinski definition) is 5. The van der Waals surface area contributed by atoms with Crippen molar-refractivity contribution in [2.24, 2.45) is 5.10 Å². The Morgan fingerprint density at radius 2 is 2.04 bits per heavy atom. The molecule has 7 heteroatoms. The van der Waals surface area contributed by atoms with E-state index >= 15 is 0 Å². The monoisotopic (exact) mass is 479 g/mol. The predicted molar refractivity (Wildman–Crippen MR) is 111 cm³/mol. The minimum absolute atomic E-state index is 0.487. The normalized spacial score (nSPS) is 11.0. The topological polar surface area (TPSA) is 46.5 Å². The van der Waals surface area contributed by atoms with Gasteiger partial charge in [-0.3, -0.25) is 5.43 Å². The second-order valence-electron chi connectivity index (χ2n) is 5.24. The molecule has 0 radical (unpaired) electrons. The fraction of sp³-hybridized carbons (Fsp3) is 0.111. The largest absolute Gasteiger partial charge is 0.487 e. The van der Waals surface area contributed by atoms with Crippen molar-refractivity contribution in [3.63, 3.8) is 0 Å². The van der Waals surface area contributed by atoms with E-state index in [2.05, 4.69) is 47.4 Å². The molecule has 1 aromatic heterocycles. The number of hydrazone groups is 1. The maximum Gasteiger partial charge on any atom is 0.203 e. The van der Waals surface area contributed by atoms with Crippen molar-refractivity contribution in [2.45, 2.75) is 13.5 Å². The summed E-state index contributed by atoms with van der Waals surface area (Å²) in [5.41, 5.74) is 5.88. The molecule has 0 saturated heterocycles. The second-order valence-corrected chi connectivity index (χ2v) is 7.87. The number of aromatic nitrogens is 1. The summed E-state index contributed by atoms with van der Waals surface area (Å²) in [7, 11) is 0. The van der Waals surface area contributed by atoms with Crippen molar-refractivity contribution in [3.8, 4) is 5.75 Å². The average molecular weight is 481 g/mol. The van der Waals surface area contributed by atoms with Crippen LogP contribution in [0, 0.1) is 6.92 Å². The lowest BCUT2D eigenvalue weighted by atomic mass is 10.2. The van der Waals surface area contributed by atoms with Crippen molar-refractivity contribution in [2.75, 3.05) is 5.43 Å². The third kappa shape index (κ3) is 5.14. The first kappa shape index (κ1) is 18.1.